The molecule has 1 aliphatic rings. The maximum Gasteiger partial charge on any atom is 0.232 e. The van der Waals surface area contributed by atoms with E-state index in [2.05, 4.69) is 35.8 Å². The van der Waals surface area contributed by atoms with E-state index < -0.39 is 0 Å². The van der Waals surface area contributed by atoms with E-state index in [4.69, 9.17) is 10.3 Å². The van der Waals surface area contributed by atoms with Gasteiger partial charge in [0.05, 0.1) is 6.54 Å². The average Bonchev–Trinajstić information content (AvgIpc) is 2.86. The van der Waals surface area contributed by atoms with Crippen LogP contribution in [0.25, 0.3) is 0 Å². The molecule has 0 saturated carbocycles. The summed E-state index contributed by atoms with van der Waals surface area (Å²) in [7, 11) is 0. The summed E-state index contributed by atoms with van der Waals surface area (Å²) >= 11 is 0. The summed E-state index contributed by atoms with van der Waals surface area (Å²) in [5, 5.41) is 4.05. The first-order chi connectivity index (χ1) is 8.00. The lowest BCUT2D eigenvalue weighted by Crippen LogP contribution is -2.35. The molecule has 18 heavy (non-hydrogen) atoms. The molecule has 2 rings (SSSR count). The Kier molecular flexibility index (Phi) is 5.13. The van der Waals surface area contributed by atoms with Gasteiger partial charge in [-0.05, 0) is 19.4 Å². The van der Waals surface area contributed by atoms with Crippen molar-refractivity contribution in [3.63, 3.8) is 0 Å². The van der Waals surface area contributed by atoms with Gasteiger partial charge in [0.2, 0.25) is 5.89 Å². The van der Waals surface area contributed by atoms with Gasteiger partial charge in [-0.2, -0.15) is 4.98 Å². The van der Waals surface area contributed by atoms with Gasteiger partial charge in [-0.1, -0.05) is 25.9 Å². The number of rotatable bonds is 3. The van der Waals surface area contributed by atoms with Crippen LogP contribution in [0.3, 0.4) is 0 Å². The molecule has 0 bridgehead atoms. The first-order valence-electron chi connectivity index (χ1n) is 6.28. The van der Waals surface area contributed by atoms with Crippen LogP contribution in [-0.2, 0) is 12.0 Å². The van der Waals surface area contributed by atoms with E-state index in [9.17, 15) is 0 Å². The van der Waals surface area contributed by atoms with E-state index in [1.165, 1.54) is 12.8 Å². The number of hydrogen-bond donors (Lipinski definition) is 1. The van der Waals surface area contributed by atoms with Gasteiger partial charge in [0.25, 0.3) is 0 Å². The molecule has 6 heteroatoms. The third-order valence-corrected chi connectivity index (χ3v) is 3.23. The van der Waals surface area contributed by atoms with E-state index in [-0.39, 0.29) is 17.8 Å². The molecular weight excluding hydrogens is 252 g/mol. The number of nitrogens with two attached hydrogens (primary N) is 1. The summed E-state index contributed by atoms with van der Waals surface area (Å²) in [5.74, 6) is 1.48. The van der Waals surface area contributed by atoms with Crippen molar-refractivity contribution >= 4 is 12.4 Å². The zero-order valence-electron chi connectivity index (χ0n) is 11.3. The molecule has 1 unspecified atom stereocenters. The molecule has 1 aromatic heterocycles. The van der Waals surface area contributed by atoms with E-state index in [1.807, 2.05) is 0 Å². The molecule has 2 heterocycles. The van der Waals surface area contributed by atoms with Crippen LogP contribution in [0.2, 0.25) is 0 Å². The van der Waals surface area contributed by atoms with E-state index in [0.29, 0.717) is 18.5 Å². The fraction of sp³-hybridized carbons (Fsp3) is 0.833. The number of halogens is 1. The number of hydrogen-bond acceptors (Lipinski definition) is 5. The summed E-state index contributed by atoms with van der Waals surface area (Å²) < 4.78 is 5.29. The number of aromatic nitrogens is 2. The van der Waals surface area contributed by atoms with Gasteiger partial charge in [0.15, 0.2) is 5.82 Å². The Morgan fingerprint density at radius 2 is 2.17 bits per heavy atom. The highest BCUT2D eigenvalue weighted by molar-refractivity contribution is 5.85. The van der Waals surface area contributed by atoms with Crippen LogP contribution in [0.4, 0.5) is 0 Å². The summed E-state index contributed by atoms with van der Waals surface area (Å²) in [5.41, 5.74) is 5.67. The Morgan fingerprint density at radius 3 is 2.72 bits per heavy atom. The normalized spacial score (nSPS) is 21.0. The molecule has 104 valence electrons. The van der Waals surface area contributed by atoms with Crippen molar-refractivity contribution in [1.29, 1.82) is 0 Å². The summed E-state index contributed by atoms with van der Waals surface area (Å²) in [4.78, 5) is 6.80. The van der Waals surface area contributed by atoms with Gasteiger partial charge in [-0.15, -0.1) is 12.4 Å². The van der Waals surface area contributed by atoms with Gasteiger partial charge < -0.3 is 10.3 Å². The molecule has 0 spiro atoms. The zero-order chi connectivity index (χ0) is 12.5. The van der Waals surface area contributed by atoms with Crippen LogP contribution in [0.5, 0.6) is 0 Å². The summed E-state index contributed by atoms with van der Waals surface area (Å²) in [6, 6.07) is 0.478. The Labute approximate surface area is 115 Å². The van der Waals surface area contributed by atoms with Gasteiger partial charge in [0, 0.05) is 18.0 Å². The molecule has 1 aromatic rings. The second-order valence-corrected chi connectivity index (χ2v) is 5.77. The second-order valence-electron chi connectivity index (χ2n) is 5.77. The molecule has 0 aromatic carbocycles. The molecule has 0 amide bonds. The molecule has 0 aliphatic carbocycles. The molecule has 0 radical (unpaired) electrons. The molecule has 1 aliphatic heterocycles. The lowest BCUT2D eigenvalue weighted by molar-refractivity contribution is 0.239. The monoisotopic (exact) mass is 274 g/mol. The van der Waals surface area contributed by atoms with E-state index >= 15 is 0 Å². The minimum absolute atomic E-state index is 0. The smallest absolute Gasteiger partial charge is 0.232 e. The third kappa shape index (κ3) is 3.43. The van der Waals surface area contributed by atoms with Crippen molar-refractivity contribution in [3.05, 3.63) is 11.7 Å². The van der Waals surface area contributed by atoms with Crippen LogP contribution < -0.4 is 5.73 Å². The summed E-state index contributed by atoms with van der Waals surface area (Å²) in [6.07, 6.45) is 2.40. The van der Waals surface area contributed by atoms with Gasteiger partial charge in [-0.25, -0.2) is 0 Å². The van der Waals surface area contributed by atoms with Crippen LogP contribution in [0.15, 0.2) is 4.52 Å². The number of likely N-dealkylation sites (tertiary alicyclic amines) is 1. The lowest BCUT2D eigenvalue weighted by atomic mass is 9.97. The standard InChI is InChI=1S/C12H22N4O.ClH/c1-12(2,3)11-14-10(15-17-11)8-16-6-4-5-9(16)7-13;/h9H,4-8,13H2,1-3H3;1H. The number of nitrogens with zero attached hydrogens (tertiary/aromatic N) is 3. The van der Waals surface area contributed by atoms with Crippen molar-refractivity contribution < 1.29 is 4.52 Å². The zero-order valence-corrected chi connectivity index (χ0v) is 12.2. The molecular formula is C12H23ClN4O. The van der Waals surface area contributed by atoms with E-state index in [1.54, 1.807) is 0 Å². The predicted molar refractivity (Wildman–Crippen MR) is 72.7 cm³/mol. The Balaban J connectivity index is 0.00000162. The minimum atomic E-state index is -0.0798. The summed E-state index contributed by atoms with van der Waals surface area (Å²) in [6.45, 7) is 8.77. The third-order valence-electron chi connectivity index (χ3n) is 3.23. The highest BCUT2D eigenvalue weighted by Gasteiger charge is 2.26. The first-order valence-corrected chi connectivity index (χ1v) is 6.28. The SMILES string of the molecule is CC(C)(C)c1nc(CN2CCCC2CN)no1.Cl. The molecule has 1 fully saturated rings. The lowest BCUT2D eigenvalue weighted by Gasteiger charge is -2.20. The van der Waals surface area contributed by atoms with Crippen molar-refractivity contribution in [3.8, 4) is 0 Å². The van der Waals surface area contributed by atoms with Gasteiger partial charge >= 0.3 is 0 Å². The van der Waals surface area contributed by atoms with Gasteiger partial charge in [-0.3, -0.25) is 4.90 Å². The fourth-order valence-corrected chi connectivity index (χ4v) is 2.17. The van der Waals surface area contributed by atoms with Crippen LogP contribution >= 0.6 is 12.4 Å². The second kappa shape index (κ2) is 5.99. The Bertz CT molecular complexity index is 374. The quantitative estimate of drug-likeness (QED) is 0.909. The highest BCUT2D eigenvalue weighted by Crippen LogP contribution is 2.22. The van der Waals surface area contributed by atoms with Crippen molar-refractivity contribution in [2.75, 3.05) is 13.1 Å². The van der Waals surface area contributed by atoms with Gasteiger partial charge in [0.1, 0.15) is 0 Å². The van der Waals surface area contributed by atoms with Crippen LogP contribution in [0.1, 0.15) is 45.3 Å². The first kappa shape index (κ1) is 15.4. The van der Waals surface area contributed by atoms with Crippen molar-refractivity contribution in [1.82, 2.24) is 15.0 Å². The predicted octanol–water partition coefficient (Wildman–Crippen LogP) is 1.71. The maximum atomic E-state index is 5.75. The van der Waals surface area contributed by atoms with Crippen LogP contribution in [-0.4, -0.2) is 34.2 Å². The van der Waals surface area contributed by atoms with Crippen molar-refractivity contribution in [2.24, 2.45) is 5.73 Å². The van der Waals surface area contributed by atoms with Crippen molar-refractivity contribution in [2.45, 2.75) is 51.6 Å². The minimum Gasteiger partial charge on any atom is -0.339 e. The maximum absolute atomic E-state index is 5.75. The molecule has 1 atom stereocenters. The fourth-order valence-electron chi connectivity index (χ4n) is 2.17. The molecule has 2 N–H and O–H groups in total. The topological polar surface area (TPSA) is 68.2 Å². The molecule has 1 saturated heterocycles. The average molecular weight is 275 g/mol. The van der Waals surface area contributed by atoms with Crippen LogP contribution in [0, 0.1) is 0 Å². The Hall–Kier alpha value is -0.650. The molecule has 5 nitrogen and oxygen atoms in total. The largest absolute Gasteiger partial charge is 0.339 e. The van der Waals surface area contributed by atoms with E-state index in [0.717, 1.165) is 18.9 Å². The Morgan fingerprint density at radius 1 is 1.44 bits per heavy atom. The highest BCUT2D eigenvalue weighted by atomic mass is 35.5.